The number of hydrogen-bond donors (Lipinski definition) is 1. The van der Waals surface area contributed by atoms with Gasteiger partial charge in [0.25, 0.3) is 0 Å². The molecule has 2 heterocycles. The van der Waals surface area contributed by atoms with Crippen molar-refractivity contribution in [2.24, 2.45) is 0 Å². The summed E-state index contributed by atoms with van der Waals surface area (Å²) in [5.41, 5.74) is 1.06. The zero-order chi connectivity index (χ0) is 9.80. The van der Waals surface area contributed by atoms with E-state index < -0.39 is 0 Å². The Bertz CT molecular complexity index is 280. The highest BCUT2D eigenvalue weighted by Crippen LogP contribution is 2.06. The van der Waals surface area contributed by atoms with Crippen LogP contribution in [0.25, 0.3) is 0 Å². The molecule has 5 heteroatoms. The maximum Gasteiger partial charge on any atom is 0.0726 e. The van der Waals surface area contributed by atoms with E-state index in [1.165, 1.54) is 0 Å². The number of halogens is 1. The average Bonchev–Trinajstić information content (AvgIpc) is 2.23. The van der Waals surface area contributed by atoms with Crippen LogP contribution in [0.4, 0.5) is 0 Å². The van der Waals surface area contributed by atoms with Gasteiger partial charge in [-0.25, -0.2) is 0 Å². The molecule has 0 aromatic carbocycles. The first-order valence-electron chi connectivity index (χ1n) is 5.06. The van der Waals surface area contributed by atoms with E-state index >= 15 is 0 Å². The van der Waals surface area contributed by atoms with Crippen molar-refractivity contribution in [2.75, 3.05) is 19.6 Å². The Morgan fingerprint density at radius 3 is 3.07 bits per heavy atom. The lowest BCUT2D eigenvalue weighted by Crippen LogP contribution is -2.49. The molecular weight excluding hydrogens is 212 g/mol. The molecule has 0 radical (unpaired) electrons. The van der Waals surface area contributed by atoms with E-state index in [0.29, 0.717) is 6.04 Å². The summed E-state index contributed by atoms with van der Waals surface area (Å²) in [6.45, 7) is 6.39. The summed E-state index contributed by atoms with van der Waals surface area (Å²) in [5.74, 6) is 0. The summed E-state index contributed by atoms with van der Waals surface area (Å²) in [6.07, 6.45) is 5.31. The molecule has 0 spiro atoms. The van der Waals surface area contributed by atoms with E-state index in [1.54, 1.807) is 12.4 Å². The molecule has 1 saturated heterocycles. The van der Waals surface area contributed by atoms with Gasteiger partial charge in [0.2, 0.25) is 0 Å². The average molecular weight is 229 g/mol. The molecule has 1 fully saturated rings. The first-order valence-corrected chi connectivity index (χ1v) is 5.06. The Kier molecular flexibility index (Phi) is 4.94. The molecule has 0 bridgehead atoms. The minimum atomic E-state index is 0. The second-order valence-electron chi connectivity index (χ2n) is 3.72. The van der Waals surface area contributed by atoms with E-state index in [-0.39, 0.29) is 12.4 Å². The van der Waals surface area contributed by atoms with Gasteiger partial charge in [-0.05, 0) is 6.92 Å². The lowest BCUT2D eigenvalue weighted by Gasteiger charge is -2.33. The van der Waals surface area contributed by atoms with Crippen molar-refractivity contribution in [3.63, 3.8) is 0 Å². The fourth-order valence-corrected chi connectivity index (χ4v) is 1.74. The van der Waals surface area contributed by atoms with Gasteiger partial charge in [-0.1, -0.05) is 0 Å². The number of aromatic nitrogens is 2. The van der Waals surface area contributed by atoms with E-state index in [4.69, 9.17) is 0 Å². The molecule has 0 aliphatic carbocycles. The quantitative estimate of drug-likeness (QED) is 0.809. The second kappa shape index (κ2) is 6.00. The third-order valence-electron chi connectivity index (χ3n) is 2.62. The van der Waals surface area contributed by atoms with Crippen LogP contribution in [-0.2, 0) is 6.54 Å². The van der Waals surface area contributed by atoms with Crippen LogP contribution in [-0.4, -0.2) is 40.5 Å². The molecule has 0 amide bonds. The Morgan fingerprint density at radius 2 is 2.40 bits per heavy atom. The van der Waals surface area contributed by atoms with Crippen molar-refractivity contribution in [1.29, 1.82) is 0 Å². The lowest BCUT2D eigenvalue weighted by atomic mass is 10.2. The minimum Gasteiger partial charge on any atom is -0.314 e. The van der Waals surface area contributed by atoms with E-state index in [9.17, 15) is 0 Å². The molecule has 1 N–H and O–H groups in total. The van der Waals surface area contributed by atoms with Gasteiger partial charge >= 0.3 is 0 Å². The van der Waals surface area contributed by atoms with Gasteiger partial charge in [-0.15, -0.1) is 12.4 Å². The monoisotopic (exact) mass is 228 g/mol. The highest BCUT2D eigenvalue weighted by molar-refractivity contribution is 5.85. The molecule has 2 rings (SSSR count). The number of piperazine rings is 1. The summed E-state index contributed by atoms with van der Waals surface area (Å²) >= 11 is 0. The predicted octanol–water partition coefficient (Wildman–Crippen LogP) is 0.692. The molecule has 4 nitrogen and oxygen atoms in total. The third-order valence-corrected chi connectivity index (χ3v) is 2.62. The van der Waals surface area contributed by atoms with E-state index in [1.807, 2.05) is 6.20 Å². The molecular formula is C10H17ClN4. The Labute approximate surface area is 96.5 Å². The van der Waals surface area contributed by atoms with Crippen molar-refractivity contribution >= 4 is 12.4 Å². The summed E-state index contributed by atoms with van der Waals surface area (Å²) in [7, 11) is 0. The van der Waals surface area contributed by atoms with Gasteiger partial charge in [0.1, 0.15) is 0 Å². The fraction of sp³-hybridized carbons (Fsp3) is 0.600. The topological polar surface area (TPSA) is 41.0 Å². The van der Waals surface area contributed by atoms with Gasteiger partial charge in [-0.2, -0.15) is 0 Å². The van der Waals surface area contributed by atoms with Gasteiger partial charge in [0.15, 0.2) is 0 Å². The highest BCUT2D eigenvalue weighted by Gasteiger charge is 2.17. The van der Waals surface area contributed by atoms with Gasteiger partial charge in [-0.3, -0.25) is 14.9 Å². The maximum absolute atomic E-state index is 4.28. The SMILES string of the molecule is CC1CNCCN1Cc1cnccn1.Cl. The maximum atomic E-state index is 4.28. The second-order valence-corrected chi connectivity index (χ2v) is 3.72. The molecule has 1 aliphatic heterocycles. The number of hydrogen-bond acceptors (Lipinski definition) is 4. The number of rotatable bonds is 2. The smallest absolute Gasteiger partial charge is 0.0726 e. The summed E-state index contributed by atoms with van der Waals surface area (Å²) < 4.78 is 0. The highest BCUT2D eigenvalue weighted by atomic mass is 35.5. The fourth-order valence-electron chi connectivity index (χ4n) is 1.74. The van der Waals surface area contributed by atoms with E-state index in [2.05, 4.69) is 27.1 Å². The largest absolute Gasteiger partial charge is 0.314 e. The Morgan fingerprint density at radius 1 is 1.53 bits per heavy atom. The van der Waals surface area contributed by atoms with Crippen molar-refractivity contribution in [1.82, 2.24) is 20.2 Å². The molecule has 1 aliphatic rings. The van der Waals surface area contributed by atoms with Crippen LogP contribution in [0, 0.1) is 0 Å². The first kappa shape index (κ1) is 12.4. The van der Waals surface area contributed by atoms with E-state index in [0.717, 1.165) is 31.9 Å². The van der Waals surface area contributed by atoms with Crippen molar-refractivity contribution in [3.05, 3.63) is 24.3 Å². The van der Waals surface area contributed by atoms with Crippen molar-refractivity contribution < 1.29 is 0 Å². The molecule has 1 aromatic heterocycles. The molecule has 84 valence electrons. The molecule has 1 unspecified atom stereocenters. The molecule has 1 atom stereocenters. The first-order chi connectivity index (χ1) is 6.86. The number of nitrogens with zero attached hydrogens (tertiary/aromatic N) is 3. The molecule has 15 heavy (non-hydrogen) atoms. The summed E-state index contributed by atoms with van der Waals surface area (Å²) in [4.78, 5) is 10.8. The van der Waals surface area contributed by atoms with Crippen molar-refractivity contribution in [2.45, 2.75) is 19.5 Å². The van der Waals surface area contributed by atoms with Gasteiger partial charge < -0.3 is 5.32 Å². The Hall–Kier alpha value is -0.710. The van der Waals surface area contributed by atoms with Crippen LogP contribution >= 0.6 is 12.4 Å². The number of nitrogens with one attached hydrogen (secondary N) is 1. The summed E-state index contributed by atoms with van der Waals surface area (Å²) in [5, 5.41) is 3.37. The standard InChI is InChI=1S/C10H16N4.ClH/c1-9-6-12-4-5-14(9)8-10-7-11-2-3-13-10;/h2-3,7,9,12H,4-6,8H2,1H3;1H. The minimum absolute atomic E-state index is 0. The molecule has 1 aromatic rings. The van der Waals surface area contributed by atoms with Crippen molar-refractivity contribution in [3.8, 4) is 0 Å². The Balaban J connectivity index is 0.00000112. The van der Waals surface area contributed by atoms with Crippen LogP contribution in [0.5, 0.6) is 0 Å². The lowest BCUT2D eigenvalue weighted by molar-refractivity contribution is 0.163. The van der Waals surface area contributed by atoms with Crippen LogP contribution in [0.1, 0.15) is 12.6 Å². The molecule has 0 saturated carbocycles. The zero-order valence-electron chi connectivity index (χ0n) is 8.89. The van der Waals surface area contributed by atoms with Crippen LogP contribution in [0.15, 0.2) is 18.6 Å². The predicted molar refractivity (Wildman–Crippen MR) is 62.0 cm³/mol. The van der Waals surface area contributed by atoms with Crippen LogP contribution in [0.3, 0.4) is 0 Å². The van der Waals surface area contributed by atoms with Crippen LogP contribution in [0.2, 0.25) is 0 Å². The van der Waals surface area contributed by atoms with Crippen LogP contribution < -0.4 is 5.32 Å². The zero-order valence-corrected chi connectivity index (χ0v) is 9.70. The summed E-state index contributed by atoms with van der Waals surface area (Å²) in [6, 6.07) is 0.589. The van der Waals surface area contributed by atoms with Gasteiger partial charge in [0.05, 0.1) is 5.69 Å². The normalized spacial score (nSPS) is 22.1. The third kappa shape index (κ3) is 3.41. The van der Waals surface area contributed by atoms with Gasteiger partial charge in [0, 0.05) is 50.8 Å².